The van der Waals surface area contributed by atoms with Gasteiger partial charge in [-0.1, -0.05) is 0 Å². The first-order chi connectivity index (χ1) is 8.98. The van der Waals surface area contributed by atoms with E-state index in [9.17, 15) is 13.2 Å². The van der Waals surface area contributed by atoms with E-state index >= 15 is 0 Å². The first-order valence-corrected chi connectivity index (χ1v) is 8.17. The molecular weight excluding hydrogens is 288 g/mol. The molecule has 0 spiro atoms. The number of thiophene rings is 1. The first kappa shape index (κ1) is 14.4. The van der Waals surface area contributed by atoms with Crippen LogP contribution in [0.15, 0.2) is 10.3 Å². The molecule has 0 radical (unpaired) electrons. The molecule has 0 atom stereocenters. The van der Waals surface area contributed by atoms with E-state index in [-0.39, 0.29) is 9.77 Å². The second-order valence-corrected chi connectivity index (χ2v) is 6.98. The number of carbonyl (C=O) groups excluding carboxylic acids is 1. The summed E-state index contributed by atoms with van der Waals surface area (Å²) in [6, 6.07) is 0. The number of hydrogen-bond donors (Lipinski definition) is 1. The monoisotopic (exact) mass is 304 g/mol. The first-order valence-electron chi connectivity index (χ1n) is 5.85. The highest BCUT2D eigenvalue weighted by atomic mass is 32.2. The number of aryl methyl sites for hydroxylation is 1. The zero-order chi connectivity index (χ0) is 14.0. The van der Waals surface area contributed by atoms with Crippen molar-refractivity contribution in [3.63, 3.8) is 0 Å². The average Bonchev–Trinajstić information content (AvgIpc) is 2.81. The van der Waals surface area contributed by atoms with Gasteiger partial charge in [0.15, 0.2) is 0 Å². The van der Waals surface area contributed by atoms with Gasteiger partial charge in [0.05, 0.1) is 7.11 Å². The second-order valence-electron chi connectivity index (χ2n) is 4.22. The average molecular weight is 304 g/mol. The third-order valence-corrected chi connectivity index (χ3v) is 6.26. The highest BCUT2D eigenvalue weighted by Gasteiger charge is 2.33. The molecule has 6 nitrogen and oxygen atoms in total. The zero-order valence-electron chi connectivity index (χ0n) is 10.8. The number of nitrogens with zero attached hydrogens (tertiary/aromatic N) is 1. The molecule has 2 heterocycles. The molecule has 106 valence electrons. The maximum atomic E-state index is 12.6. The summed E-state index contributed by atoms with van der Waals surface area (Å²) in [6.45, 7) is 3.76. The smallest absolute Gasteiger partial charge is 0.349 e. The maximum absolute atomic E-state index is 12.6. The van der Waals surface area contributed by atoms with Crippen molar-refractivity contribution in [2.45, 2.75) is 11.8 Å². The summed E-state index contributed by atoms with van der Waals surface area (Å²) in [6.07, 6.45) is 0. The van der Waals surface area contributed by atoms with E-state index in [1.165, 1.54) is 11.4 Å². The lowest BCUT2D eigenvalue weighted by molar-refractivity contribution is 0.0602. The van der Waals surface area contributed by atoms with E-state index in [4.69, 9.17) is 0 Å². The lowest BCUT2D eigenvalue weighted by Crippen LogP contribution is -2.46. The van der Waals surface area contributed by atoms with Crippen LogP contribution in [0, 0.1) is 6.92 Å². The van der Waals surface area contributed by atoms with Gasteiger partial charge >= 0.3 is 5.97 Å². The molecule has 2 rings (SSSR count). The minimum atomic E-state index is -3.63. The van der Waals surface area contributed by atoms with Crippen molar-refractivity contribution in [2.75, 3.05) is 33.3 Å². The number of methoxy groups -OCH3 is 1. The molecule has 8 heteroatoms. The molecule has 1 N–H and O–H groups in total. The number of piperazine rings is 1. The summed E-state index contributed by atoms with van der Waals surface area (Å²) < 4.78 is 31.3. The van der Waals surface area contributed by atoms with Crippen LogP contribution in [0.3, 0.4) is 0 Å². The lowest BCUT2D eigenvalue weighted by Gasteiger charge is -2.26. The Kier molecular flexibility index (Phi) is 4.24. The fourth-order valence-electron chi connectivity index (χ4n) is 2.00. The van der Waals surface area contributed by atoms with Gasteiger partial charge in [-0.2, -0.15) is 4.31 Å². The van der Waals surface area contributed by atoms with Gasteiger partial charge in [-0.3, -0.25) is 0 Å². The van der Waals surface area contributed by atoms with Gasteiger partial charge in [0.2, 0.25) is 10.0 Å². The number of esters is 1. The van der Waals surface area contributed by atoms with Crippen LogP contribution in [0.25, 0.3) is 0 Å². The molecule has 19 heavy (non-hydrogen) atoms. The number of sulfonamides is 1. The van der Waals surface area contributed by atoms with Crippen LogP contribution in [0.2, 0.25) is 0 Å². The second kappa shape index (κ2) is 5.58. The summed E-state index contributed by atoms with van der Waals surface area (Å²) in [5.74, 6) is -0.605. The minimum absolute atomic E-state index is 0.0891. The molecule has 0 aromatic carbocycles. The zero-order valence-corrected chi connectivity index (χ0v) is 12.4. The molecule has 1 saturated heterocycles. The standard InChI is InChI=1S/C11H16N2O4S2/c1-8-7-18-9(11(14)17-2)10(8)19(15,16)13-5-3-12-4-6-13/h7,12H,3-6H2,1-2H3. The topological polar surface area (TPSA) is 75.7 Å². The molecule has 0 aliphatic carbocycles. The van der Waals surface area contributed by atoms with E-state index in [1.807, 2.05) is 0 Å². The van der Waals surface area contributed by atoms with Crippen LogP contribution in [0.4, 0.5) is 0 Å². The lowest BCUT2D eigenvalue weighted by atomic mass is 10.3. The van der Waals surface area contributed by atoms with Crippen LogP contribution >= 0.6 is 11.3 Å². The van der Waals surface area contributed by atoms with Crippen molar-refractivity contribution in [1.29, 1.82) is 0 Å². The summed E-state index contributed by atoms with van der Waals surface area (Å²) in [5.41, 5.74) is 0.587. The van der Waals surface area contributed by atoms with Gasteiger partial charge < -0.3 is 10.1 Å². The molecule has 1 aliphatic rings. The van der Waals surface area contributed by atoms with Crippen molar-refractivity contribution in [3.05, 3.63) is 15.8 Å². The Labute approximate surface area is 116 Å². The molecule has 0 saturated carbocycles. The van der Waals surface area contributed by atoms with E-state index in [1.54, 1.807) is 12.3 Å². The quantitative estimate of drug-likeness (QED) is 0.820. The molecule has 1 aliphatic heterocycles. The van der Waals surface area contributed by atoms with Crippen molar-refractivity contribution in [3.8, 4) is 0 Å². The number of rotatable bonds is 3. The third-order valence-electron chi connectivity index (χ3n) is 2.96. The summed E-state index contributed by atoms with van der Waals surface area (Å²) in [4.78, 5) is 11.9. The van der Waals surface area contributed by atoms with Crippen LogP contribution in [0.1, 0.15) is 15.2 Å². The molecule has 0 unspecified atom stereocenters. The summed E-state index contributed by atoms with van der Waals surface area (Å²) in [5, 5.41) is 4.77. The fourth-order valence-corrected chi connectivity index (χ4v) is 5.10. The molecule has 1 aromatic rings. The van der Waals surface area contributed by atoms with E-state index in [0.29, 0.717) is 31.7 Å². The summed E-state index contributed by atoms with van der Waals surface area (Å²) in [7, 11) is -2.38. The Bertz CT molecular complexity index is 574. The van der Waals surface area contributed by atoms with Crippen molar-refractivity contribution < 1.29 is 17.9 Å². The predicted molar refractivity (Wildman–Crippen MR) is 72.0 cm³/mol. The molecular formula is C11H16N2O4S2. The Morgan fingerprint density at radius 2 is 2.05 bits per heavy atom. The Hall–Kier alpha value is -0.960. The van der Waals surface area contributed by atoms with Crippen molar-refractivity contribution in [2.24, 2.45) is 0 Å². The number of nitrogens with one attached hydrogen (secondary N) is 1. The van der Waals surface area contributed by atoms with Crippen LogP contribution in [-0.4, -0.2) is 52.0 Å². The van der Waals surface area contributed by atoms with Crippen molar-refractivity contribution in [1.82, 2.24) is 9.62 Å². The Balaban J connectivity index is 2.45. The maximum Gasteiger partial charge on any atom is 0.349 e. The molecule has 1 aromatic heterocycles. The van der Waals surface area contributed by atoms with E-state index in [0.717, 1.165) is 11.3 Å². The normalized spacial score (nSPS) is 17.4. The molecule has 0 bridgehead atoms. The molecule has 0 amide bonds. The number of carbonyl (C=O) groups is 1. The van der Waals surface area contributed by atoms with Gasteiger partial charge in [-0.25, -0.2) is 13.2 Å². The van der Waals surface area contributed by atoms with Gasteiger partial charge in [0.25, 0.3) is 0 Å². The van der Waals surface area contributed by atoms with E-state index in [2.05, 4.69) is 10.1 Å². The Morgan fingerprint density at radius 3 is 2.63 bits per heavy atom. The van der Waals surface area contributed by atoms with Crippen LogP contribution in [-0.2, 0) is 14.8 Å². The highest BCUT2D eigenvalue weighted by Crippen LogP contribution is 2.30. The minimum Gasteiger partial charge on any atom is -0.465 e. The number of ether oxygens (including phenoxy) is 1. The fraction of sp³-hybridized carbons (Fsp3) is 0.545. The SMILES string of the molecule is COC(=O)c1scc(C)c1S(=O)(=O)N1CCNCC1. The van der Waals surface area contributed by atoms with Gasteiger partial charge in [-0.15, -0.1) is 11.3 Å². The Morgan fingerprint density at radius 1 is 1.42 bits per heavy atom. The van der Waals surface area contributed by atoms with E-state index < -0.39 is 16.0 Å². The third kappa shape index (κ3) is 2.66. The molecule has 1 fully saturated rings. The van der Waals surface area contributed by atoms with Crippen LogP contribution < -0.4 is 5.32 Å². The van der Waals surface area contributed by atoms with Gasteiger partial charge in [-0.05, 0) is 17.9 Å². The number of hydrogen-bond acceptors (Lipinski definition) is 6. The van der Waals surface area contributed by atoms with Crippen molar-refractivity contribution >= 4 is 27.3 Å². The summed E-state index contributed by atoms with van der Waals surface area (Å²) >= 11 is 1.10. The van der Waals surface area contributed by atoms with Crippen LogP contribution in [0.5, 0.6) is 0 Å². The van der Waals surface area contributed by atoms with Gasteiger partial charge in [0.1, 0.15) is 9.77 Å². The predicted octanol–water partition coefficient (Wildman–Crippen LogP) is 0.437. The highest BCUT2D eigenvalue weighted by molar-refractivity contribution is 7.89. The largest absolute Gasteiger partial charge is 0.465 e. The van der Waals surface area contributed by atoms with Gasteiger partial charge in [0, 0.05) is 26.2 Å².